The molecule has 1 rings (SSSR count). The van der Waals surface area contributed by atoms with E-state index in [4.69, 9.17) is 5.73 Å². The highest BCUT2D eigenvalue weighted by molar-refractivity contribution is 5.98. The van der Waals surface area contributed by atoms with Crippen LogP contribution in [-0.4, -0.2) is 16.9 Å². The summed E-state index contributed by atoms with van der Waals surface area (Å²) in [7, 11) is 0. The van der Waals surface area contributed by atoms with E-state index in [-0.39, 0.29) is 0 Å². The number of rotatable bonds is 5. The van der Waals surface area contributed by atoms with E-state index >= 15 is 0 Å². The predicted molar refractivity (Wildman–Crippen MR) is 65.3 cm³/mol. The Morgan fingerprint density at radius 3 is 2.81 bits per heavy atom. The predicted octanol–water partition coefficient (Wildman–Crippen LogP) is 2.03. The summed E-state index contributed by atoms with van der Waals surface area (Å²) in [6.45, 7) is 6.41. The van der Waals surface area contributed by atoms with Crippen LogP contribution in [0.3, 0.4) is 0 Å². The molecular formula is C12H19N3O. The number of pyridine rings is 1. The van der Waals surface area contributed by atoms with Gasteiger partial charge in [0.1, 0.15) is 0 Å². The molecule has 1 aromatic rings. The Morgan fingerprint density at radius 1 is 1.56 bits per heavy atom. The Balaban J connectivity index is 2.84. The molecule has 0 bridgehead atoms. The highest BCUT2D eigenvalue weighted by Crippen LogP contribution is 2.17. The third-order valence-electron chi connectivity index (χ3n) is 2.97. The largest absolute Gasteiger partial charge is 0.382 e. The lowest BCUT2D eigenvalue weighted by molar-refractivity contribution is 0.100. The molecule has 0 fully saturated rings. The monoisotopic (exact) mass is 221 g/mol. The van der Waals surface area contributed by atoms with Crippen LogP contribution in [0.15, 0.2) is 18.5 Å². The highest BCUT2D eigenvalue weighted by Gasteiger charge is 2.13. The average Bonchev–Trinajstić information content (AvgIpc) is 2.28. The molecule has 0 aliphatic heterocycles. The van der Waals surface area contributed by atoms with E-state index < -0.39 is 5.91 Å². The number of carbonyl (C=O) groups is 1. The fourth-order valence-electron chi connectivity index (χ4n) is 1.46. The molecular weight excluding hydrogens is 202 g/mol. The summed E-state index contributed by atoms with van der Waals surface area (Å²) in [4.78, 5) is 15.1. The SMILES string of the molecule is CCC(C)C(C)Nc1ccncc1C(N)=O. The minimum absolute atomic E-state index is 0.297. The number of hydrogen-bond acceptors (Lipinski definition) is 3. The summed E-state index contributed by atoms with van der Waals surface area (Å²) in [6, 6.07) is 2.07. The van der Waals surface area contributed by atoms with Gasteiger partial charge in [-0.3, -0.25) is 9.78 Å². The number of anilines is 1. The molecule has 0 aromatic carbocycles. The van der Waals surface area contributed by atoms with Gasteiger partial charge in [0, 0.05) is 18.4 Å². The summed E-state index contributed by atoms with van der Waals surface area (Å²) in [5.74, 6) is 0.0841. The molecule has 0 saturated carbocycles. The summed E-state index contributed by atoms with van der Waals surface area (Å²) >= 11 is 0. The first-order valence-corrected chi connectivity index (χ1v) is 5.56. The average molecular weight is 221 g/mol. The van der Waals surface area contributed by atoms with Gasteiger partial charge in [-0.15, -0.1) is 0 Å². The summed E-state index contributed by atoms with van der Waals surface area (Å²) in [5.41, 5.74) is 6.48. The van der Waals surface area contributed by atoms with E-state index in [9.17, 15) is 4.79 Å². The van der Waals surface area contributed by atoms with Crippen molar-refractivity contribution < 1.29 is 4.79 Å². The van der Waals surface area contributed by atoms with Gasteiger partial charge >= 0.3 is 0 Å². The maximum Gasteiger partial charge on any atom is 0.252 e. The van der Waals surface area contributed by atoms with Crippen molar-refractivity contribution in [3.8, 4) is 0 Å². The molecule has 0 aliphatic rings. The quantitative estimate of drug-likeness (QED) is 0.799. The van der Waals surface area contributed by atoms with Crippen molar-refractivity contribution in [2.45, 2.75) is 33.2 Å². The van der Waals surface area contributed by atoms with Gasteiger partial charge in [-0.1, -0.05) is 20.3 Å². The Bertz CT molecular complexity index is 365. The van der Waals surface area contributed by atoms with Crippen molar-refractivity contribution in [2.75, 3.05) is 5.32 Å². The Hall–Kier alpha value is -1.58. The lowest BCUT2D eigenvalue weighted by Gasteiger charge is -2.22. The molecule has 88 valence electrons. The van der Waals surface area contributed by atoms with Crippen LogP contribution >= 0.6 is 0 Å². The van der Waals surface area contributed by atoms with Crippen LogP contribution in [-0.2, 0) is 0 Å². The summed E-state index contributed by atoms with van der Waals surface area (Å²) in [6.07, 6.45) is 4.23. The molecule has 4 nitrogen and oxygen atoms in total. The minimum Gasteiger partial charge on any atom is -0.382 e. The molecule has 2 unspecified atom stereocenters. The smallest absolute Gasteiger partial charge is 0.252 e. The minimum atomic E-state index is -0.452. The van der Waals surface area contributed by atoms with Crippen LogP contribution in [0.1, 0.15) is 37.6 Å². The number of nitrogens with two attached hydrogens (primary N) is 1. The van der Waals surface area contributed by atoms with Crippen LogP contribution in [0.4, 0.5) is 5.69 Å². The zero-order valence-corrected chi connectivity index (χ0v) is 10.0. The fraction of sp³-hybridized carbons (Fsp3) is 0.500. The van der Waals surface area contributed by atoms with Gasteiger partial charge in [-0.25, -0.2) is 0 Å². The van der Waals surface area contributed by atoms with Crippen LogP contribution in [0.25, 0.3) is 0 Å². The normalized spacial score (nSPS) is 14.2. The van der Waals surface area contributed by atoms with Gasteiger partial charge in [0.05, 0.1) is 11.3 Å². The van der Waals surface area contributed by atoms with Gasteiger partial charge in [0.2, 0.25) is 0 Å². The van der Waals surface area contributed by atoms with E-state index in [1.54, 1.807) is 12.3 Å². The van der Waals surface area contributed by atoms with Crippen LogP contribution in [0.2, 0.25) is 0 Å². The van der Waals surface area contributed by atoms with Gasteiger partial charge in [-0.2, -0.15) is 0 Å². The van der Waals surface area contributed by atoms with Crippen LogP contribution < -0.4 is 11.1 Å². The lowest BCUT2D eigenvalue weighted by Crippen LogP contribution is -2.25. The molecule has 2 atom stereocenters. The zero-order chi connectivity index (χ0) is 12.1. The second kappa shape index (κ2) is 5.49. The van der Waals surface area contributed by atoms with E-state index in [2.05, 4.69) is 31.1 Å². The molecule has 0 saturated heterocycles. The molecule has 0 aliphatic carbocycles. The van der Waals surface area contributed by atoms with Gasteiger partial charge in [0.15, 0.2) is 0 Å². The number of carbonyl (C=O) groups excluding carboxylic acids is 1. The molecule has 3 N–H and O–H groups in total. The topological polar surface area (TPSA) is 68.0 Å². The van der Waals surface area contributed by atoms with Crippen molar-refractivity contribution in [3.63, 3.8) is 0 Å². The number of primary amides is 1. The molecule has 1 amide bonds. The summed E-state index contributed by atoms with van der Waals surface area (Å²) in [5, 5.41) is 3.30. The third-order valence-corrected chi connectivity index (χ3v) is 2.97. The van der Waals surface area contributed by atoms with Crippen molar-refractivity contribution in [3.05, 3.63) is 24.0 Å². The third kappa shape index (κ3) is 2.95. The number of nitrogens with one attached hydrogen (secondary N) is 1. The van der Waals surface area contributed by atoms with Gasteiger partial charge < -0.3 is 11.1 Å². The molecule has 4 heteroatoms. The van der Waals surface area contributed by atoms with Crippen LogP contribution in [0.5, 0.6) is 0 Å². The van der Waals surface area contributed by atoms with Crippen molar-refractivity contribution in [2.24, 2.45) is 11.7 Å². The van der Waals surface area contributed by atoms with E-state index in [1.807, 2.05) is 0 Å². The lowest BCUT2D eigenvalue weighted by atomic mass is 10.0. The van der Waals surface area contributed by atoms with Crippen molar-refractivity contribution in [1.29, 1.82) is 0 Å². The number of nitrogens with zero attached hydrogens (tertiary/aromatic N) is 1. The first-order chi connectivity index (χ1) is 7.56. The highest BCUT2D eigenvalue weighted by atomic mass is 16.1. The molecule has 0 spiro atoms. The second-order valence-corrected chi connectivity index (χ2v) is 4.10. The van der Waals surface area contributed by atoms with Crippen molar-refractivity contribution >= 4 is 11.6 Å². The van der Waals surface area contributed by atoms with E-state index in [1.165, 1.54) is 6.20 Å². The van der Waals surface area contributed by atoms with E-state index in [0.717, 1.165) is 12.1 Å². The summed E-state index contributed by atoms with van der Waals surface area (Å²) < 4.78 is 0. The molecule has 0 radical (unpaired) electrons. The molecule has 1 aromatic heterocycles. The molecule has 1 heterocycles. The molecule has 16 heavy (non-hydrogen) atoms. The first kappa shape index (κ1) is 12.5. The maximum absolute atomic E-state index is 11.2. The number of amides is 1. The first-order valence-electron chi connectivity index (χ1n) is 5.56. The van der Waals surface area contributed by atoms with Gasteiger partial charge in [-0.05, 0) is 18.9 Å². The van der Waals surface area contributed by atoms with Crippen LogP contribution in [0, 0.1) is 5.92 Å². The zero-order valence-electron chi connectivity index (χ0n) is 10.0. The van der Waals surface area contributed by atoms with Crippen molar-refractivity contribution in [1.82, 2.24) is 4.98 Å². The van der Waals surface area contributed by atoms with E-state index in [0.29, 0.717) is 17.5 Å². The number of aromatic nitrogens is 1. The number of hydrogen-bond donors (Lipinski definition) is 2. The Kier molecular flexibility index (Phi) is 4.28. The Morgan fingerprint density at radius 2 is 2.25 bits per heavy atom. The van der Waals surface area contributed by atoms with Gasteiger partial charge in [0.25, 0.3) is 5.91 Å². The fourth-order valence-corrected chi connectivity index (χ4v) is 1.46. The standard InChI is InChI=1S/C12H19N3O/c1-4-8(2)9(3)15-11-5-6-14-7-10(11)12(13)16/h5-9H,4H2,1-3H3,(H2,13,16)(H,14,15). The second-order valence-electron chi connectivity index (χ2n) is 4.10. The Labute approximate surface area is 96.3 Å². The maximum atomic E-state index is 11.2.